The second kappa shape index (κ2) is 9.39. The molecule has 31 heavy (non-hydrogen) atoms. The van der Waals surface area contributed by atoms with Gasteiger partial charge in [0.25, 0.3) is 0 Å². The van der Waals surface area contributed by atoms with E-state index in [1.807, 2.05) is 17.9 Å². The third-order valence-electron chi connectivity index (χ3n) is 6.11. The van der Waals surface area contributed by atoms with Gasteiger partial charge < -0.3 is 0 Å². The Morgan fingerprint density at radius 3 is 2.45 bits per heavy atom. The predicted molar refractivity (Wildman–Crippen MR) is 119 cm³/mol. The molecule has 6 nitrogen and oxygen atoms in total. The van der Waals surface area contributed by atoms with Gasteiger partial charge in [-0.1, -0.05) is 42.5 Å². The van der Waals surface area contributed by atoms with Crippen LogP contribution in [0.25, 0.3) is 5.69 Å². The van der Waals surface area contributed by atoms with Gasteiger partial charge in [0, 0.05) is 31.6 Å². The Kier molecular flexibility index (Phi) is 6.42. The summed E-state index contributed by atoms with van der Waals surface area (Å²) in [4.78, 5) is 17.3. The van der Waals surface area contributed by atoms with Crippen LogP contribution in [0, 0.1) is 5.82 Å². The number of carbonyl (C=O) groups excluding carboxylic acids is 1. The van der Waals surface area contributed by atoms with Crippen molar-refractivity contribution in [2.75, 3.05) is 18.0 Å². The summed E-state index contributed by atoms with van der Waals surface area (Å²) in [7, 11) is 0. The number of hydrogen-bond acceptors (Lipinski definition) is 4. The van der Waals surface area contributed by atoms with Crippen molar-refractivity contribution in [2.45, 2.75) is 45.2 Å². The van der Waals surface area contributed by atoms with Gasteiger partial charge in [0.1, 0.15) is 5.82 Å². The van der Waals surface area contributed by atoms with Gasteiger partial charge in [-0.15, -0.1) is 5.10 Å². The molecule has 0 radical (unpaired) electrons. The maximum absolute atomic E-state index is 13.4. The molecule has 162 valence electrons. The number of hydrogen-bond donors (Lipinski definition) is 0. The molecular weight excluding hydrogens is 393 g/mol. The van der Waals surface area contributed by atoms with Gasteiger partial charge in [-0.3, -0.25) is 14.6 Å². The van der Waals surface area contributed by atoms with E-state index in [9.17, 15) is 9.18 Å². The maximum atomic E-state index is 13.4. The highest BCUT2D eigenvalue weighted by molar-refractivity contribution is 5.93. The Morgan fingerprint density at radius 1 is 1.13 bits per heavy atom. The molecule has 4 rings (SSSR count). The average Bonchev–Trinajstić information content (AvgIpc) is 3.29. The normalized spacial score (nSPS) is 16.2. The second-order valence-corrected chi connectivity index (χ2v) is 7.95. The minimum Gasteiger partial charge on any atom is -0.296 e. The van der Waals surface area contributed by atoms with Gasteiger partial charge in [-0.2, -0.15) is 4.68 Å². The maximum Gasteiger partial charge on any atom is 0.228 e. The van der Waals surface area contributed by atoms with Gasteiger partial charge in [0.2, 0.25) is 5.91 Å². The van der Waals surface area contributed by atoms with Crippen LogP contribution in [0.5, 0.6) is 0 Å². The summed E-state index contributed by atoms with van der Waals surface area (Å²) in [6, 6.07) is 17.0. The number of halogens is 1. The fraction of sp³-hybridized carbons (Fsp3) is 0.375. The summed E-state index contributed by atoms with van der Waals surface area (Å²) in [6.07, 6.45) is 3.76. The van der Waals surface area contributed by atoms with Gasteiger partial charge >= 0.3 is 0 Å². The fourth-order valence-electron chi connectivity index (χ4n) is 4.32. The molecule has 0 saturated carbocycles. The number of anilines is 1. The van der Waals surface area contributed by atoms with E-state index >= 15 is 0 Å². The van der Waals surface area contributed by atoms with E-state index in [4.69, 9.17) is 0 Å². The van der Waals surface area contributed by atoms with Crippen LogP contribution in [0.2, 0.25) is 0 Å². The van der Waals surface area contributed by atoms with Crippen molar-refractivity contribution >= 4 is 11.7 Å². The minimum atomic E-state index is -0.313. The number of aromatic nitrogens is 3. The van der Waals surface area contributed by atoms with Gasteiger partial charge in [-0.05, 0) is 49.6 Å². The summed E-state index contributed by atoms with van der Waals surface area (Å²) < 4.78 is 15.0. The number of piperidine rings is 1. The van der Waals surface area contributed by atoms with Crippen LogP contribution in [-0.4, -0.2) is 44.9 Å². The number of nitrogens with zero attached hydrogens (tertiary/aromatic N) is 5. The van der Waals surface area contributed by atoms with E-state index in [1.165, 1.54) is 17.7 Å². The molecular formula is C24H28FN5O. The van der Waals surface area contributed by atoms with E-state index in [1.54, 1.807) is 23.0 Å². The largest absolute Gasteiger partial charge is 0.296 e. The van der Waals surface area contributed by atoms with Crippen molar-refractivity contribution in [1.29, 1.82) is 0 Å². The number of likely N-dealkylation sites (tertiary alicyclic amines) is 1. The van der Waals surface area contributed by atoms with Gasteiger partial charge in [0.05, 0.1) is 11.9 Å². The van der Waals surface area contributed by atoms with Gasteiger partial charge in [-0.25, -0.2) is 4.39 Å². The lowest BCUT2D eigenvalue weighted by Gasteiger charge is -2.40. The molecule has 1 aliphatic rings. The molecule has 3 aromatic rings. The summed E-state index contributed by atoms with van der Waals surface area (Å²) >= 11 is 0. The molecule has 0 aliphatic carbocycles. The number of benzene rings is 2. The fourth-order valence-corrected chi connectivity index (χ4v) is 4.32. The summed E-state index contributed by atoms with van der Waals surface area (Å²) in [6.45, 7) is 5.92. The molecule has 2 aromatic carbocycles. The lowest BCUT2D eigenvalue weighted by atomic mass is 9.98. The van der Waals surface area contributed by atoms with Crippen molar-refractivity contribution in [1.82, 2.24) is 19.9 Å². The lowest BCUT2D eigenvalue weighted by Crippen LogP contribution is -2.48. The molecule has 1 amide bonds. The highest BCUT2D eigenvalue weighted by atomic mass is 19.1. The Hall–Kier alpha value is -3.06. The molecule has 1 unspecified atom stereocenters. The first-order valence-electron chi connectivity index (χ1n) is 10.9. The van der Waals surface area contributed by atoms with Crippen LogP contribution in [-0.2, 0) is 4.79 Å². The predicted octanol–water partition coefficient (Wildman–Crippen LogP) is 4.38. The van der Waals surface area contributed by atoms with Crippen molar-refractivity contribution in [3.8, 4) is 5.69 Å². The molecule has 1 saturated heterocycles. The number of rotatable bonds is 6. The monoisotopic (exact) mass is 421 g/mol. The van der Waals surface area contributed by atoms with Gasteiger partial charge in [0.15, 0.2) is 5.82 Å². The molecule has 0 spiro atoms. The molecule has 0 bridgehead atoms. The van der Waals surface area contributed by atoms with Crippen LogP contribution < -0.4 is 4.90 Å². The van der Waals surface area contributed by atoms with Crippen molar-refractivity contribution in [3.05, 3.63) is 72.2 Å². The third-order valence-corrected chi connectivity index (χ3v) is 6.11. The smallest absolute Gasteiger partial charge is 0.228 e. The Bertz CT molecular complexity index is 996. The van der Waals surface area contributed by atoms with Crippen LogP contribution >= 0.6 is 0 Å². The highest BCUT2D eigenvalue weighted by Crippen LogP contribution is 2.29. The first-order valence-corrected chi connectivity index (χ1v) is 10.9. The Labute approximate surface area is 182 Å². The molecule has 1 fully saturated rings. The SMILES string of the molecule is CCC(=O)N(c1cnnn1-c1ccc(F)cc1)C1CCN(C(C)c2ccccc2)CC1. The molecule has 1 atom stereocenters. The number of carbonyl (C=O) groups is 1. The summed E-state index contributed by atoms with van der Waals surface area (Å²) in [5.41, 5.74) is 1.99. The Balaban J connectivity index is 1.54. The third kappa shape index (κ3) is 4.51. The zero-order valence-corrected chi connectivity index (χ0v) is 18.0. The Morgan fingerprint density at radius 2 is 1.81 bits per heavy atom. The van der Waals surface area contributed by atoms with Crippen LogP contribution in [0.4, 0.5) is 10.2 Å². The van der Waals surface area contributed by atoms with E-state index in [0.29, 0.717) is 24.0 Å². The zero-order chi connectivity index (χ0) is 21.8. The number of amides is 1. The first-order chi connectivity index (χ1) is 15.1. The molecule has 7 heteroatoms. The minimum absolute atomic E-state index is 0.0419. The van der Waals surface area contributed by atoms with Crippen LogP contribution in [0.15, 0.2) is 60.8 Å². The lowest BCUT2D eigenvalue weighted by molar-refractivity contribution is -0.119. The molecule has 0 N–H and O–H groups in total. The topological polar surface area (TPSA) is 54.3 Å². The molecule has 2 heterocycles. The van der Waals surface area contributed by atoms with E-state index in [-0.39, 0.29) is 17.8 Å². The summed E-state index contributed by atoms with van der Waals surface area (Å²) in [5.74, 6) is 0.361. The van der Waals surface area contributed by atoms with Crippen molar-refractivity contribution < 1.29 is 9.18 Å². The van der Waals surface area contributed by atoms with Crippen molar-refractivity contribution in [2.24, 2.45) is 0 Å². The quantitative estimate of drug-likeness (QED) is 0.593. The van der Waals surface area contributed by atoms with E-state index in [2.05, 4.69) is 46.4 Å². The summed E-state index contributed by atoms with van der Waals surface area (Å²) in [5, 5.41) is 8.22. The molecule has 1 aliphatic heterocycles. The zero-order valence-electron chi connectivity index (χ0n) is 18.0. The van der Waals surface area contributed by atoms with E-state index in [0.717, 1.165) is 25.9 Å². The van der Waals surface area contributed by atoms with Crippen LogP contribution in [0.1, 0.15) is 44.7 Å². The van der Waals surface area contributed by atoms with E-state index < -0.39 is 0 Å². The van der Waals surface area contributed by atoms with Crippen LogP contribution in [0.3, 0.4) is 0 Å². The second-order valence-electron chi connectivity index (χ2n) is 7.95. The average molecular weight is 422 g/mol. The first kappa shape index (κ1) is 21.2. The van der Waals surface area contributed by atoms with Crippen molar-refractivity contribution in [3.63, 3.8) is 0 Å². The highest BCUT2D eigenvalue weighted by Gasteiger charge is 2.32. The molecule has 1 aromatic heterocycles. The standard InChI is InChI=1S/C24H28FN5O/c1-3-24(31)29(23-17-26-27-30(23)22-11-9-20(25)10-12-22)21-13-15-28(16-14-21)18(2)19-7-5-4-6-8-19/h4-12,17-18,21H,3,13-16H2,1-2H3.